The van der Waals surface area contributed by atoms with Crippen molar-refractivity contribution >= 4 is 45.8 Å². The zero-order valence-electron chi connectivity index (χ0n) is 14.1. The monoisotopic (exact) mass is 373 g/mol. The lowest BCUT2D eigenvalue weighted by molar-refractivity contribution is -0.121. The predicted octanol–water partition coefficient (Wildman–Crippen LogP) is 2.14. The summed E-state index contributed by atoms with van der Waals surface area (Å²) in [5.74, 6) is -1.42. The van der Waals surface area contributed by atoms with Gasteiger partial charge in [0, 0.05) is 18.4 Å². The minimum Gasteiger partial charge on any atom is -0.465 e. The second kappa shape index (κ2) is 7.04. The average Bonchev–Trinajstić information content (AvgIpc) is 3.16. The van der Waals surface area contributed by atoms with Crippen LogP contribution in [0.4, 0.5) is 10.8 Å². The zero-order chi connectivity index (χ0) is 18.8. The first-order valence-electron chi connectivity index (χ1n) is 7.73. The number of nitrogens with zero attached hydrogens (tertiary/aromatic N) is 2. The molecule has 0 atom stereocenters. The zero-order valence-corrected chi connectivity index (χ0v) is 14.9. The number of hydrogen-bond donors (Lipinski definition) is 1. The number of benzene rings is 1. The third-order valence-electron chi connectivity index (χ3n) is 3.83. The van der Waals surface area contributed by atoms with Crippen LogP contribution in [0.15, 0.2) is 24.3 Å². The van der Waals surface area contributed by atoms with E-state index < -0.39 is 11.9 Å². The van der Waals surface area contributed by atoms with Gasteiger partial charge in [0.1, 0.15) is 4.88 Å². The van der Waals surface area contributed by atoms with Gasteiger partial charge in [-0.15, -0.1) is 0 Å². The number of anilines is 2. The van der Waals surface area contributed by atoms with Crippen molar-refractivity contribution in [3.05, 3.63) is 40.4 Å². The Morgan fingerprint density at radius 3 is 2.35 bits per heavy atom. The van der Waals surface area contributed by atoms with Crippen molar-refractivity contribution in [2.45, 2.75) is 19.8 Å². The molecule has 9 heteroatoms. The van der Waals surface area contributed by atoms with Gasteiger partial charge in [0.25, 0.3) is 5.91 Å². The standard InChI is InChI=1S/C17H15N3O5S/c1-9-14(16(24)25-2)26-17(18-9)19-15(23)10-3-5-11(6-4-10)20-12(21)7-8-13(20)22/h3-6H,7-8H2,1-2H3,(H,18,19,23). The van der Waals surface area contributed by atoms with E-state index in [9.17, 15) is 19.2 Å². The van der Waals surface area contributed by atoms with Crippen LogP contribution in [0.2, 0.25) is 0 Å². The Morgan fingerprint density at radius 1 is 1.15 bits per heavy atom. The maximum Gasteiger partial charge on any atom is 0.350 e. The topological polar surface area (TPSA) is 106 Å². The van der Waals surface area contributed by atoms with Crippen molar-refractivity contribution in [1.82, 2.24) is 4.98 Å². The summed E-state index contributed by atoms with van der Waals surface area (Å²) in [6.07, 6.45) is 0.403. The van der Waals surface area contributed by atoms with Crippen molar-refractivity contribution < 1.29 is 23.9 Å². The summed E-state index contributed by atoms with van der Waals surface area (Å²) in [6, 6.07) is 6.13. The molecule has 2 heterocycles. The van der Waals surface area contributed by atoms with Gasteiger partial charge in [0.2, 0.25) is 11.8 Å². The molecule has 0 unspecified atom stereocenters. The normalized spacial score (nSPS) is 13.8. The molecule has 1 fully saturated rings. The van der Waals surface area contributed by atoms with Crippen molar-refractivity contribution in [3.63, 3.8) is 0 Å². The Balaban J connectivity index is 1.74. The van der Waals surface area contributed by atoms with E-state index in [4.69, 9.17) is 0 Å². The third kappa shape index (κ3) is 3.33. The van der Waals surface area contributed by atoms with Gasteiger partial charge in [-0.05, 0) is 31.2 Å². The van der Waals surface area contributed by atoms with Crippen LogP contribution < -0.4 is 10.2 Å². The number of carbonyl (C=O) groups excluding carboxylic acids is 4. The first kappa shape index (κ1) is 17.7. The predicted molar refractivity (Wildman–Crippen MR) is 94.3 cm³/mol. The summed E-state index contributed by atoms with van der Waals surface area (Å²) in [5.41, 5.74) is 1.24. The molecular formula is C17H15N3O5S. The van der Waals surface area contributed by atoms with Crippen LogP contribution in [-0.4, -0.2) is 35.8 Å². The molecule has 0 aliphatic carbocycles. The molecule has 26 heavy (non-hydrogen) atoms. The number of imide groups is 1. The van der Waals surface area contributed by atoms with E-state index in [1.165, 1.54) is 19.2 Å². The maximum absolute atomic E-state index is 12.3. The second-order valence-electron chi connectivity index (χ2n) is 5.55. The summed E-state index contributed by atoms with van der Waals surface area (Å²) in [5, 5.41) is 2.90. The Bertz CT molecular complexity index is 888. The molecule has 2 aromatic rings. The molecular weight excluding hydrogens is 358 g/mol. The highest BCUT2D eigenvalue weighted by molar-refractivity contribution is 7.17. The summed E-state index contributed by atoms with van der Waals surface area (Å²) >= 11 is 1.02. The van der Waals surface area contributed by atoms with Gasteiger partial charge in [-0.1, -0.05) is 11.3 Å². The van der Waals surface area contributed by atoms with Gasteiger partial charge < -0.3 is 4.74 Å². The molecule has 0 saturated carbocycles. The fourth-order valence-corrected chi connectivity index (χ4v) is 3.41. The molecule has 0 radical (unpaired) electrons. The second-order valence-corrected chi connectivity index (χ2v) is 6.55. The maximum atomic E-state index is 12.3. The van der Waals surface area contributed by atoms with Gasteiger partial charge in [0.15, 0.2) is 5.13 Å². The molecule has 1 saturated heterocycles. The lowest BCUT2D eigenvalue weighted by atomic mass is 10.2. The Labute approximate surface area is 152 Å². The van der Waals surface area contributed by atoms with Gasteiger partial charge >= 0.3 is 5.97 Å². The SMILES string of the molecule is COC(=O)c1sc(NC(=O)c2ccc(N3C(=O)CCC3=O)cc2)nc1C. The molecule has 3 amide bonds. The molecule has 1 aliphatic heterocycles. The van der Waals surface area contributed by atoms with Gasteiger partial charge in [-0.3, -0.25) is 24.6 Å². The molecule has 1 N–H and O–H groups in total. The highest BCUT2D eigenvalue weighted by Gasteiger charge is 2.30. The number of thiazole rings is 1. The molecule has 8 nitrogen and oxygen atoms in total. The lowest BCUT2D eigenvalue weighted by Crippen LogP contribution is -2.28. The smallest absolute Gasteiger partial charge is 0.350 e. The first-order chi connectivity index (χ1) is 12.4. The number of rotatable bonds is 4. The molecule has 3 rings (SSSR count). The number of hydrogen-bond acceptors (Lipinski definition) is 7. The molecule has 1 aromatic heterocycles. The first-order valence-corrected chi connectivity index (χ1v) is 8.55. The quantitative estimate of drug-likeness (QED) is 0.650. The van der Waals surface area contributed by atoms with E-state index >= 15 is 0 Å². The largest absolute Gasteiger partial charge is 0.465 e. The minimum atomic E-state index is -0.509. The van der Waals surface area contributed by atoms with Crippen molar-refractivity contribution in [3.8, 4) is 0 Å². The van der Waals surface area contributed by atoms with E-state index in [0.29, 0.717) is 21.8 Å². The minimum absolute atomic E-state index is 0.201. The summed E-state index contributed by atoms with van der Waals surface area (Å²) in [6.45, 7) is 1.65. The summed E-state index contributed by atoms with van der Waals surface area (Å²) in [7, 11) is 1.27. The number of amides is 3. The number of aromatic nitrogens is 1. The van der Waals surface area contributed by atoms with Crippen molar-refractivity contribution in [2.75, 3.05) is 17.3 Å². The Morgan fingerprint density at radius 2 is 1.77 bits per heavy atom. The van der Waals surface area contributed by atoms with Crippen LogP contribution in [0.25, 0.3) is 0 Å². The lowest BCUT2D eigenvalue weighted by Gasteiger charge is -2.13. The summed E-state index contributed by atoms with van der Waals surface area (Å²) in [4.78, 5) is 53.0. The van der Waals surface area contributed by atoms with E-state index in [-0.39, 0.29) is 29.8 Å². The van der Waals surface area contributed by atoms with E-state index in [1.54, 1.807) is 19.1 Å². The highest BCUT2D eigenvalue weighted by atomic mass is 32.1. The van der Waals surface area contributed by atoms with Crippen LogP contribution in [0.5, 0.6) is 0 Å². The van der Waals surface area contributed by atoms with Gasteiger partial charge in [-0.25, -0.2) is 9.78 Å². The van der Waals surface area contributed by atoms with Crippen LogP contribution >= 0.6 is 11.3 Å². The molecule has 0 spiro atoms. The van der Waals surface area contributed by atoms with Gasteiger partial charge in [-0.2, -0.15) is 0 Å². The average molecular weight is 373 g/mol. The fraction of sp³-hybridized carbons (Fsp3) is 0.235. The number of methoxy groups -OCH3 is 1. The number of ether oxygens (including phenoxy) is 1. The van der Waals surface area contributed by atoms with Crippen molar-refractivity contribution in [1.29, 1.82) is 0 Å². The van der Waals surface area contributed by atoms with Crippen LogP contribution in [0.3, 0.4) is 0 Å². The Kier molecular flexibility index (Phi) is 4.81. The van der Waals surface area contributed by atoms with Crippen LogP contribution in [0.1, 0.15) is 38.6 Å². The highest BCUT2D eigenvalue weighted by Crippen LogP contribution is 2.25. The van der Waals surface area contributed by atoms with Gasteiger partial charge in [0.05, 0.1) is 18.5 Å². The number of carbonyl (C=O) groups is 4. The Hall–Kier alpha value is -3.07. The molecule has 0 bridgehead atoms. The van der Waals surface area contributed by atoms with E-state index in [0.717, 1.165) is 16.2 Å². The third-order valence-corrected chi connectivity index (χ3v) is 4.88. The molecule has 1 aliphatic rings. The number of aryl methyl sites for hydroxylation is 1. The van der Waals surface area contributed by atoms with Crippen molar-refractivity contribution in [2.24, 2.45) is 0 Å². The molecule has 1 aromatic carbocycles. The van der Waals surface area contributed by atoms with Crippen LogP contribution in [-0.2, 0) is 14.3 Å². The fourth-order valence-electron chi connectivity index (χ4n) is 2.53. The number of esters is 1. The molecule has 134 valence electrons. The van der Waals surface area contributed by atoms with E-state index in [2.05, 4.69) is 15.0 Å². The number of nitrogens with one attached hydrogen (secondary N) is 1. The van der Waals surface area contributed by atoms with Crippen LogP contribution in [0, 0.1) is 6.92 Å². The van der Waals surface area contributed by atoms with E-state index in [1.807, 2.05) is 0 Å². The summed E-state index contributed by atoms with van der Waals surface area (Å²) < 4.78 is 4.66.